The maximum absolute atomic E-state index is 10.0. The summed E-state index contributed by atoms with van der Waals surface area (Å²) in [5.74, 6) is 0. The molecule has 0 aromatic carbocycles. The van der Waals surface area contributed by atoms with Crippen LogP contribution in [0.2, 0.25) is 0 Å². The van der Waals surface area contributed by atoms with Crippen molar-refractivity contribution in [2.24, 2.45) is 0 Å². The fourth-order valence-corrected chi connectivity index (χ4v) is 0.455. The van der Waals surface area contributed by atoms with Crippen molar-refractivity contribution in [2.45, 2.75) is 20.1 Å². The van der Waals surface area contributed by atoms with Crippen LogP contribution < -0.4 is 0 Å². The summed E-state index contributed by atoms with van der Waals surface area (Å²) in [7, 11) is 0. The molecule has 0 unspecified atom stereocenters. The Hall–Kier alpha value is 0.356. The van der Waals surface area contributed by atoms with Gasteiger partial charge in [-0.3, -0.25) is 4.79 Å². The van der Waals surface area contributed by atoms with Gasteiger partial charge in [0.05, 0.1) is 0 Å². The van der Waals surface area contributed by atoms with Crippen molar-refractivity contribution in [1.82, 2.24) is 0 Å². The van der Waals surface area contributed by atoms with E-state index in [4.69, 9.17) is 9.47 Å². The fourth-order valence-electron chi connectivity index (χ4n) is 0.455. The second kappa shape index (κ2) is 9.36. The normalized spacial score (nSPS) is 9.10. The van der Waals surface area contributed by atoms with E-state index in [0.29, 0.717) is 19.5 Å². The van der Waals surface area contributed by atoms with Gasteiger partial charge in [0.2, 0.25) is 6.29 Å². The van der Waals surface area contributed by atoms with E-state index in [0.717, 1.165) is 0 Å². The van der Waals surface area contributed by atoms with E-state index < -0.39 is 6.29 Å². The van der Waals surface area contributed by atoms with Crippen molar-refractivity contribution in [3.05, 3.63) is 0 Å². The van der Waals surface area contributed by atoms with Gasteiger partial charge in [-0.05, 0) is 13.8 Å². The minimum absolute atomic E-state index is 0. The first-order valence-electron chi connectivity index (χ1n) is 3.03. The zero-order valence-electron chi connectivity index (χ0n) is 8.50. The summed E-state index contributed by atoms with van der Waals surface area (Å²) < 4.78 is 9.68. The molecular weight excluding hydrogens is 144 g/mol. The average Bonchev–Trinajstić information content (AvgIpc) is 1.88. The number of hydrogen-bond acceptors (Lipinski definition) is 3. The first kappa shape index (κ1) is 13.0. The summed E-state index contributed by atoms with van der Waals surface area (Å²) in [6.07, 6.45) is -0.0208. The van der Waals surface area contributed by atoms with Crippen LogP contribution in [-0.4, -0.2) is 48.8 Å². The number of carbonyl (C=O) groups excluding carboxylic acids is 1. The van der Waals surface area contributed by atoms with Crippen LogP contribution in [0.1, 0.15) is 16.7 Å². The van der Waals surface area contributed by atoms with Gasteiger partial charge in [-0.1, -0.05) is 0 Å². The van der Waals surface area contributed by atoms with Gasteiger partial charge >= 0.3 is 23.1 Å². The Bertz CT molecular complexity index is 79.2. The van der Waals surface area contributed by atoms with Crippen molar-refractivity contribution in [2.75, 3.05) is 13.2 Å². The average molecular weight is 158 g/mol. The molecule has 0 aromatic heterocycles. The van der Waals surface area contributed by atoms with Crippen molar-refractivity contribution in [3.8, 4) is 0 Å². The summed E-state index contributed by atoms with van der Waals surface area (Å²) in [5.41, 5.74) is 0. The Labute approximate surface area is 80.2 Å². The molecule has 0 saturated heterocycles. The molecule has 0 N–H and O–H groups in total. The molecule has 0 aliphatic carbocycles. The van der Waals surface area contributed by atoms with Crippen LogP contribution in [0.15, 0.2) is 0 Å². The molecule has 0 rings (SSSR count). The van der Waals surface area contributed by atoms with Crippen LogP contribution in [0.3, 0.4) is 0 Å². The van der Waals surface area contributed by atoms with E-state index in [9.17, 15) is 4.79 Å². The maximum atomic E-state index is 10.0. The Morgan fingerprint density at radius 2 is 1.80 bits per heavy atom. The van der Waals surface area contributed by atoms with Gasteiger partial charge < -0.3 is 12.3 Å². The molecule has 0 bridgehead atoms. The van der Waals surface area contributed by atoms with Crippen molar-refractivity contribution in [3.63, 3.8) is 0 Å². The van der Waals surface area contributed by atoms with Gasteiger partial charge in [0.15, 0.2) is 6.29 Å². The molecule has 4 heteroatoms. The molecule has 0 aliphatic rings. The number of carbonyl (C=O) groups is 1. The molecule has 0 atom stereocenters. The third-order valence-electron chi connectivity index (χ3n) is 0.773. The first-order valence-corrected chi connectivity index (χ1v) is 3.03. The third-order valence-corrected chi connectivity index (χ3v) is 0.773. The molecule has 0 heterocycles. The van der Waals surface area contributed by atoms with E-state index in [1.807, 2.05) is 13.8 Å². The maximum Gasteiger partial charge on any atom is 2.00 e. The predicted molar refractivity (Wildman–Crippen MR) is 41.1 cm³/mol. The van der Waals surface area contributed by atoms with Gasteiger partial charge in [0, 0.05) is 13.2 Å². The fraction of sp³-hybridized carbons (Fsp3) is 0.833. The first-order chi connectivity index (χ1) is 4.35. The molecule has 0 spiro atoms. The number of ether oxygens (including phenoxy) is 2. The van der Waals surface area contributed by atoms with E-state index in [2.05, 4.69) is 0 Å². The minimum Gasteiger partial charge on any atom is -1.00 e. The molecule has 0 aromatic rings. The van der Waals surface area contributed by atoms with E-state index in [-0.39, 0.29) is 25.9 Å². The summed E-state index contributed by atoms with van der Waals surface area (Å²) >= 11 is 0. The third kappa shape index (κ3) is 6.48. The molecule has 3 nitrogen and oxygen atoms in total. The molecular formula is C6H14MgO3. The quantitative estimate of drug-likeness (QED) is 0.331. The summed E-state index contributed by atoms with van der Waals surface area (Å²) in [4.78, 5) is 10.0. The molecule has 58 valence electrons. The second-order valence-corrected chi connectivity index (χ2v) is 1.42. The van der Waals surface area contributed by atoms with Crippen molar-refractivity contribution >= 4 is 29.3 Å². The molecule has 0 aliphatic heterocycles. The number of hydrogen-bond donors (Lipinski definition) is 0. The van der Waals surface area contributed by atoms with Crippen LogP contribution >= 0.6 is 0 Å². The monoisotopic (exact) mass is 158 g/mol. The van der Waals surface area contributed by atoms with E-state index in [1.165, 1.54) is 0 Å². The summed E-state index contributed by atoms with van der Waals surface area (Å²) in [5, 5.41) is 0. The topological polar surface area (TPSA) is 35.5 Å². The Kier molecular flexibility index (Phi) is 12.1. The Morgan fingerprint density at radius 1 is 1.40 bits per heavy atom. The molecule has 0 radical (unpaired) electrons. The van der Waals surface area contributed by atoms with Crippen molar-refractivity contribution < 1.29 is 17.1 Å². The van der Waals surface area contributed by atoms with E-state index in [1.54, 1.807) is 0 Å². The van der Waals surface area contributed by atoms with Crippen molar-refractivity contribution in [1.29, 1.82) is 0 Å². The standard InChI is InChI=1S/C6H12O3.Mg.2H/c1-3-8-6(5-7)9-4-2;;;/h5-6H,3-4H2,1-2H3;;;/q;+2;2*-1. The van der Waals surface area contributed by atoms with Crippen LogP contribution in [0.4, 0.5) is 0 Å². The van der Waals surface area contributed by atoms with Gasteiger partial charge in [0.1, 0.15) is 0 Å². The zero-order chi connectivity index (χ0) is 7.11. The van der Waals surface area contributed by atoms with Gasteiger partial charge in [-0.25, -0.2) is 0 Å². The Morgan fingerprint density at radius 3 is 2.00 bits per heavy atom. The second-order valence-electron chi connectivity index (χ2n) is 1.42. The van der Waals surface area contributed by atoms with E-state index >= 15 is 0 Å². The number of aldehydes is 1. The largest absolute Gasteiger partial charge is 2.00 e. The zero-order valence-corrected chi connectivity index (χ0v) is 7.91. The Balaban J connectivity index is -0.000000107. The predicted octanol–water partition coefficient (Wildman–Crippen LogP) is 0.429. The van der Waals surface area contributed by atoms with Crippen LogP contribution in [-0.2, 0) is 14.3 Å². The summed E-state index contributed by atoms with van der Waals surface area (Å²) in [6, 6.07) is 0. The van der Waals surface area contributed by atoms with Gasteiger partial charge in [-0.2, -0.15) is 0 Å². The van der Waals surface area contributed by atoms with Gasteiger partial charge in [-0.15, -0.1) is 0 Å². The van der Waals surface area contributed by atoms with Gasteiger partial charge in [0.25, 0.3) is 0 Å². The van der Waals surface area contributed by atoms with Crippen LogP contribution in [0.25, 0.3) is 0 Å². The molecule has 0 saturated carbocycles. The molecule has 10 heavy (non-hydrogen) atoms. The SMILES string of the molecule is CCOC(C=O)OCC.[H-].[H-].[Mg+2]. The van der Waals surface area contributed by atoms with Crippen LogP contribution in [0.5, 0.6) is 0 Å². The summed E-state index contributed by atoms with van der Waals surface area (Å²) in [6.45, 7) is 4.64. The molecule has 0 fully saturated rings. The van der Waals surface area contributed by atoms with Crippen LogP contribution in [0, 0.1) is 0 Å². The molecule has 0 amide bonds. The number of rotatable bonds is 5. The minimum atomic E-state index is -0.667. The smallest absolute Gasteiger partial charge is 1.00 e.